The lowest BCUT2D eigenvalue weighted by Gasteiger charge is -2.36. The topological polar surface area (TPSA) is 54.8 Å². The van der Waals surface area contributed by atoms with Crippen molar-refractivity contribution in [2.45, 2.75) is 18.7 Å². The van der Waals surface area contributed by atoms with Crippen LogP contribution in [0.25, 0.3) is 0 Å². The Kier molecular flexibility index (Phi) is 4.05. The van der Waals surface area contributed by atoms with Crippen LogP contribution in [-0.2, 0) is 23.1 Å². The standard InChI is InChI=1S/C19H21N3O3/c1-20-9-5-8-15(20)19(24)21-11-16-17(12-21)25-13-18(23)22(16)10-14-6-3-2-4-7-14/h2-9,16-17H,10-13H2,1H3/t16-,17-/m0/s1. The number of fused-ring (bicyclic) bond motifs is 1. The highest BCUT2D eigenvalue weighted by molar-refractivity contribution is 5.93. The Balaban J connectivity index is 1.53. The Morgan fingerprint density at radius 2 is 1.96 bits per heavy atom. The Morgan fingerprint density at radius 1 is 1.16 bits per heavy atom. The van der Waals surface area contributed by atoms with Gasteiger partial charge in [-0.2, -0.15) is 0 Å². The van der Waals surface area contributed by atoms with Crippen LogP contribution in [0.3, 0.4) is 0 Å². The number of likely N-dealkylation sites (tertiary alicyclic amines) is 1. The maximum atomic E-state index is 12.8. The van der Waals surface area contributed by atoms with Crippen LogP contribution in [0.15, 0.2) is 48.7 Å². The Hall–Kier alpha value is -2.60. The fourth-order valence-electron chi connectivity index (χ4n) is 3.66. The number of hydrogen-bond donors (Lipinski definition) is 0. The summed E-state index contributed by atoms with van der Waals surface area (Å²) in [5.41, 5.74) is 1.74. The van der Waals surface area contributed by atoms with Crippen molar-refractivity contribution in [1.29, 1.82) is 0 Å². The molecule has 1 aromatic carbocycles. The summed E-state index contributed by atoms with van der Waals surface area (Å²) in [5.74, 6) is -0.0316. The van der Waals surface area contributed by atoms with E-state index in [4.69, 9.17) is 4.74 Å². The van der Waals surface area contributed by atoms with Crippen molar-refractivity contribution < 1.29 is 14.3 Å². The minimum atomic E-state index is -0.120. The lowest BCUT2D eigenvalue weighted by molar-refractivity contribution is -0.153. The minimum absolute atomic E-state index is 0.0155. The molecule has 2 atom stereocenters. The first kappa shape index (κ1) is 15.9. The predicted molar refractivity (Wildman–Crippen MR) is 91.8 cm³/mol. The highest BCUT2D eigenvalue weighted by Gasteiger charge is 2.44. The second-order valence-electron chi connectivity index (χ2n) is 6.64. The quantitative estimate of drug-likeness (QED) is 0.846. The number of nitrogens with zero attached hydrogens (tertiary/aromatic N) is 3. The average Bonchev–Trinajstić information content (AvgIpc) is 3.24. The Bertz CT molecular complexity index is 786. The molecule has 0 N–H and O–H groups in total. The van der Waals surface area contributed by atoms with Crippen molar-refractivity contribution in [3.8, 4) is 0 Å². The fourth-order valence-corrected chi connectivity index (χ4v) is 3.66. The molecule has 2 aliphatic rings. The van der Waals surface area contributed by atoms with Crippen molar-refractivity contribution in [2.24, 2.45) is 7.05 Å². The maximum absolute atomic E-state index is 12.8. The fraction of sp³-hybridized carbons (Fsp3) is 0.368. The van der Waals surface area contributed by atoms with Crippen LogP contribution >= 0.6 is 0 Å². The molecule has 2 aliphatic heterocycles. The zero-order chi connectivity index (χ0) is 17.4. The molecule has 25 heavy (non-hydrogen) atoms. The first-order valence-corrected chi connectivity index (χ1v) is 8.49. The van der Waals surface area contributed by atoms with Crippen LogP contribution in [-0.4, -0.2) is 58.0 Å². The largest absolute Gasteiger partial charge is 0.364 e. The van der Waals surface area contributed by atoms with Gasteiger partial charge in [-0.3, -0.25) is 9.59 Å². The van der Waals surface area contributed by atoms with Gasteiger partial charge >= 0.3 is 0 Å². The Morgan fingerprint density at radius 3 is 2.68 bits per heavy atom. The lowest BCUT2D eigenvalue weighted by atomic mass is 10.1. The van der Waals surface area contributed by atoms with Crippen LogP contribution in [0, 0.1) is 0 Å². The summed E-state index contributed by atoms with van der Waals surface area (Å²) in [6.07, 6.45) is 1.74. The molecule has 1 aromatic heterocycles. The number of morpholine rings is 1. The van der Waals surface area contributed by atoms with Crippen molar-refractivity contribution in [2.75, 3.05) is 19.7 Å². The van der Waals surface area contributed by atoms with E-state index in [0.717, 1.165) is 5.56 Å². The van der Waals surface area contributed by atoms with Crippen molar-refractivity contribution >= 4 is 11.8 Å². The van der Waals surface area contributed by atoms with Gasteiger partial charge in [0.1, 0.15) is 12.3 Å². The number of hydrogen-bond acceptors (Lipinski definition) is 3. The van der Waals surface area contributed by atoms with Gasteiger partial charge in [-0.05, 0) is 17.7 Å². The molecule has 3 heterocycles. The van der Waals surface area contributed by atoms with Gasteiger partial charge < -0.3 is 19.1 Å². The predicted octanol–water partition coefficient (Wildman–Crippen LogP) is 1.28. The summed E-state index contributed by atoms with van der Waals surface area (Å²) in [5, 5.41) is 0. The van der Waals surface area contributed by atoms with Gasteiger partial charge in [-0.1, -0.05) is 30.3 Å². The van der Waals surface area contributed by atoms with E-state index in [1.165, 1.54) is 0 Å². The van der Waals surface area contributed by atoms with E-state index in [1.807, 2.05) is 65.2 Å². The van der Waals surface area contributed by atoms with E-state index in [2.05, 4.69) is 0 Å². The number of carbonyl (C=O) groups is 2. The summed E-state index contributed by atoms with van der Waals surface area (Å²) < 4.78 is 7.54. The molecule has 0 aliphatic carbocycles. The van der Waals surface area contributed by atoms with Gasteiger partial charge in [-0.15, -0.1) is 0 Å². The van der Waals surface area contributed by atoms with Crippen LogP contribution in [0.1, 0.15) is 16.1 Å². The second-order valence-corrected chi connectivity index (χ2v) is 6.64. The van der Waals surface area contributed by atoms with Gasteiger partial charge in [0.2, 0.25) is 5.91 Å². The highest BCUT2D eigenvalue weighted by Crippen LogP contribution is 2.26. The lowest BCUT2D eigenvalue weighted by Crippen LogP contribution is -2.53. The molecule has 6 nitrogen and oxygen atoms in total. The number of rotatable bonds is 3. The molecular weight excluding hydrogens is 318 g/mol. The van der Waals surface area contributed by atoms with Crippen LogP contribution in [0.4, 0.5) is 0 Å². The maximum Gasteiger partial charge on any atom is 0.270 e. The molecule has 4 rings (SSSR count). The van der Waals surface area contributed by atoms with Crippen LogP contribution in [0.2, 0.25) is 0 Å². The molecule has 2 amide bonds. The number of benzene rings is 1. The zero-order valence-corrected chi connectivity index (χ0v) is 14.2. The van der Waals surface area contributed by atoms with Gasteiger partial charge in [-0.25, -0.2) is 0 Å². The Labute approximate surface area is 146 Å². The van der Waals surface area contributed by atoms with E-state index in [9.17, 15) is 9.59 Å². The van der Waals surface area contributed by atoms with E-state index >= 15 is 0 Å². The van der Waals surface area contributed by atoms with Crippen molar-refractivity contribution in [1.82, 2.24) is 14.4 Å². The summed E-state index contributed by atoms with van der Waals surface area (Å²) in [7, 11) is 1.86. The molecule has 0 unspecified atom stereocenters. The average molecular weight is 339 g/mol. The van der Waals surface area contributed by atoms with Gasteiger partial charge in [0.15, 0.2) is 0 Å². The molecule has 6 heteroatoms. The zero-order valence-electron chi connectivity index (χ0n) is 14.2. The summed E-state index contributed by atoms with van der Waals surface area (Å²) in [4.78, 5) is 28.8. The second kappa shape index (κ2) is 6.37. The molecule has 0 spiro atoms. The number of aromatic nitrogens is 1. The molecule has 130 valence electrons. The normalized spacial score (nSPS) is 23.0. The number of carbonyl (C=O) groups excluding carboxylic acids is 2. The third kappa shape index (κ3) is 2.93. The van der Waals surface area contributed by atoms with Gasteiger partial charge in [0.25, 0.3) is 5.91 Å². The number of amides is 2. The molecule has 0 bridgehead atoms. The highest BCUT2D eigenvalue weighted by atomic mass is 16.5. The summed E-state index contributed by atoms with van der Waals surface area (Å²) >= 11 is 0. The third-order valence-electron chi connectivity index (χ3n) is 5.02. The molecule has 2 aromatic rings. The van der Waals surface area contributed by atoms with Crippen molar-refractivity contribution in [3.05, 3.63) is 59.9 Å². The van der Waals surface area contributed by atoms with E-state index in [1.54, 1.807) is 4.90 Å². The number of aryl methyl sites for hydroxylation is 1. The monoisotopic (exact) mass is 339 g/mol. The SMILES string of the molecule is Cn1cccc1C(=O)N1C[C@@H]2OCC(=O)N(Cc3ccccc3)[C@H]2C1. The summed E-state index contributed by atoms with van der Waals surface area (Å²) in [6, 6.07) is 13.5. The summed E-state index contributed by atoms with van der Waals surface area (Å²) in [6.45, 7) is 1.66. The van der Waals surface area contributed by atoms with Gasteiger partial charge in [0.05, 0.1) is 12.1 Å². The third-order valence-corrected chi connectivity index (χ3v) is 5.02. The van der Waals surface area contributed by atoms with Crippen LogP contribution in [0.5, 0.6) is 0 Å². The first-order chi connectivity index (χ1) is 12.1. The molecule has 2 fully saturated rings. The molecule has 0 radical (unpaired) electrons. The number of ether oxygens (including phenoxy) is 1. The molecular formula is C19H21N3O3. The van der Waals surface area contributed by atoms with Crippen LogP contribution < -0.4 is 0 Å². The molecule has 2 saturated heterocycles. The van der Waals surface area contributed by atoms with E-state index in [-0.39, 0.29) is 30.6 Å². The van der Waals surface area contributed by atoms with Crippen molar-refractivity contribution in [3.63, 3.8) is 0 Å². The van der Waals surface area contributed by atoms with E-state index < -0.39 is 0 Å². The molecule has 0 saturated carbocycles. The minimum Gasteiger partial charge on any atom is -0.364 e. The van der Waals surface area contributed by atoms with Gasteiger partial charge in [0, 0.05) is 32.9 Å². The first-order valence-electron chi connectivity index (χ1n) is 8.49. The smallest absolute Gasteiger partial charge is 0.270 e. The van der Waals surface area contributed by atoms with E-state index in [0.29, 0.717) is 25.3 Å².